The summed E-state index contributed by atoms with van der Waals surface area (Å²) in [5.41, 5.74) is 1.33. The first kappa shape index (κ1) is 22.3. The Labute approximate surface area is 188 Å². The van der Waals surface area contributed by atoms with Crippen molar-refractivity contribution in [3.05, 3.63) is 51.0 Å². The molecule has 2 aromatic heterocycles. The topological polar surface area (TPSA) is 88.3 Å². The number of amides is 2. The summed E-state index contributed by atoms with van der Waals surface area (Å²) in [4.78, 5) is 30.9. The highest BCUT2D eigenvalue weighted by atomic mass is 35.5. The first-order valence-electron chi connectivity index (χ1n) is 9.34. The molecule has 1 aromatic carbocycles. The summed E-state index contributed by atoms with van der Waals surface area (Å²) in [6, 6.07) is 6.70. The summed E-state index contributed by atoms with van der Waals surface area (Å²) in [7, 11) is 0. The number of carbonyl (C=O) groups is 2. The minimum Gasteiger partial charge on any atom is -0.339 e. The number of nitrogens with zero attached hydrogens (tertiary/aromatic N) is 3. The summed E-state index contributed by atoms with van der Waals surface area (Å²) < 4.78 is 5.23. The van der Waals surface area contributed by atoms with E-state index in [0.29, 0.717) is 40.4 Å². The predicted octanol–water partition coefficient (Wildman–Crippen LogP) is 4.91. The average molecular weight is 467 g/mol. The van der Waals surface area contributed by atoms with Crippen molar-refractivity contribution < 1.29 is 14.1 Å². The normalized spacial score (nSPS) is 10.8. The highest BCUT2D eigenvalue weighted by Crippen LogP contribution is 2.25. The highest BCUT2D eigenvalue weighted by Gasteiger charge is 2.19. The molecule has 30 heavy (non-hydrogen) atoms. The third-order valence-electron chi connectivity index (χ3n) is 4.19. The summed E-state index contributed by atoms with van der Waals surface area (Å²) in [5, 5.41) is 11.3. The number of halogens is 2. The number of hydrogen-bond acceptors (Lipinski definition) is 6. The Hall–Kier alpha value is -2.42. The zero-order valence-corrected chi connectivity index (χ0v) is 18.6. The van der Waals surface area contributed by atoms with Crippen LogP contribution in [0.1, 0.15) is 25.7 Å². The van der Waals surface area contributed by atoms with Crippen LogP contribution < -0.4 is 5.32 Å². The van der Waals surface area contributed by atoms with Crippen molar-refractivity contribution >= 4 is 52.0 Å². The molecule has 0 radical (unpaired) electrons. The molecule has 0 aliphatic carbocycles. The summed E-state index contributed by atoms with van der Waals surface area (Å²) in [6.07, 6.45) is 1.20. The fraction of sp³-hybridized carbons (Fsp3) is 0.300. The maximum atomic E-state index is 12.7. The van der Waals surface area contributed by atoms with E-state index in [1.807, 2.05) is 23.8 Å². The third kappa shape index (κ3) is 6.04. The molecule has 0 aliphatic rings. The average Bonchev–Trinajstić information content (AvgIpc) is 3.39. The van der Waals surface area contributed by atoms with E-state index >= 15 is 0 Å². The number of thiophene rings is 1. The van der Waals surface area contributed by atoms with Crippen LogP contribution in [0.4, 0.5) is 5.69 Å². The van der Waals surface area contributed by atoms with E-state index in [1.54, 1.807) is 29.5 Å². The number of aryl methyl sites for hydroxylation is 1. The zero-order valence-electron chi connectivity index (χ0n) is 16.2. The van der Waals surface area contributed by atoms with Gasteiger partial charge in [-0.05, 0) is 36.1 Å². The number of nitrogens with one attached hydrogen (secondary N) is 1. The molecule has 0 saturated heterocycles. The molecule has 10 heteroatoms. The molecule has 2 heterocycles. The van der Waals surface area contributed by atoms with Gasteiger partial charge in [0.15, 0.2) is 0 Å². The molecular weight excluding hydrogens is 447 g/mol. The molecule has 0 saturated carbocycles. The molecule has 3 rings (SSSR count). The van der Waals surface area contributed by atoms with Gasteiger partial charge in [0.25, 0.3) is 0 Å². The number of carbonyl (C=O) groups excluding carboxylic acids is 2. The summed E-state index contributed by atoms with van der Waals surface area (Å²) in [5.74, 6) is 0.393. The number of hydrogen-bond donors (Lipinski definition) is 1. The van der Waals surface area contributed by atoms with Gasteiger partial charge in [-0.15, -0.1) is 0 Å². The van der Waals surface area contributed by atoms with Crippen molar-refractivity contribution in [2.45, 2.75) is 26.2 Å². The molecule has 158 valence electrons. The second-order valence-corrected chi connectivity index (χ2v) is 8.14. The molecule has 0 spiro atoms. The maximum absolute atomic E-state index is 12.7. The predicted molar refractivity (Wildman–Crippen MR) is 118 cm³/mol. The molecule has 0 atom stereocenters. The van der Waals surface area contributed by atoms with Crippen LogP contribution in [0, 0.1) is 0 Å². The van der Waals surface area contributed by atoms with Crippen LogP contribution in [0.5, 0.6) is 0 Å². The second-order valence-electron chi connectivity index (χ2n) is 6.51. The summed E-state index contributed by atoms with van der Waals surface area (Å²) in [6.45, 7) is 2.33. The van der Waals surface area contributed by atoms with Gasteiger partial charge in [0.1, 0.15) is 0 Å². The number of anilines is 1. The molecule has 0 aliphatic heterocycles. The van der Waals surface area contributed by atoms with Gasteiger partial charge in [0.05, 0.1) is 17.3 Å². The fourth-order valence-corrected chi connectivity index (χ4v) is 3.84. The lowest BCUT2D eigenvalue weighted by Crippen LogP contribution is -2.38. The van der Waals surface area contributed by atoms with Crippen LogP contribution in [0.2, 0.25) is 10.0 Å². The van der Waals surface area contributed by atoms with Crippen molar-refractivity contribution in [3.8, 4) is 11.4 Å². The number of aromatic nitrogens is 2. The van der Waals surface area contributed by atoms with Crippen LogP contribution in [-0.2, 0) is 16.0 Å². The van der Waals surface area contributed by atoms with Crippen molar-refractivity contribution in [1.29, 1.82) is 0 Å². The van der Waals surface area contributed by atoms with E-state index in [1.165, 1.54) is 4.90 Å². The van der Waals surface area contributed by atoms with Crippen molar-refractivity contribution in [1.82, 2.24) is 15.0 Å². The minimum absolute atomic E-state index is 0.0738. The van der Waals surface area contributed by atoms with Gasteiger partial charge >= 0.3 is 0 Å². The van der Waals surface area contributed by atoms with Crippen LogP contribution in [0.3, 0.4) is 0 Å². The van der Waals surface area contributed by atoms with E-state index in [0.717, 1.165) is 12.0 Å². The molecule has 7 nitrogen and oxygen atoms in total. The van der Waals surface area contributed by atoms with E-state index in [9.17, 15) is 9.59 Å². The first-order valence-corrected chi connectivity index (χ1v) is 11.0. The van der Waals surface area contributed by atoms with Gasteiger partial charge < -0.3 is 14.7 Å². The van der Waals surface area contributed by atoms with Crippen LogP contribution in [0.15, 0.2) is 39.5 Å². The van der Waals surface area contributed by atoms with Crippen molar-refractivity contribution in [2.75, 3.05) is 18.4 Å². The monoisotopic (exact) mass is 466 g/mol. The van der Waals surface area contributed by atoms with Crippen LogP contribution in [-0.4, -0.2) is 39.9 Å². The molecule has 0 unspecified atom stereocenters. The van der Waals surface area contributed by atoms with Crippen molar-refractivity contribution in [3.63, 3.8) is 0 Å². The van der Waals surface area contributed by atoms with Gasteiger partial charge in [0, 0.05) is 35.4 Å². The lowest BCUT2D eigenvalue weighted by Gasteiger charge is -2.21. The highest BCUT2D eigenvalue weighted by molar-refractivity contribution is 7.08. The third-order valence-corrected chi connectivity index (χ3v) is 5.42. The number of rotatable bonds is 9. The Balaban J connectivity index is 1.55. The first-order chi connectivity index (χ1) is 14.5. The van der Waals surface area contributed by atoms with Gasteiger partial charge in [-0.25, -0.2) is 0 Å². The van der Waals surface area contributed by atoms with E-state index in [4.69, 9.17) is 27.7 Å². The molecule has 1 N–H and O–H groups in total. The lowest BCUT2D eigenvalue weighted by molar-refractivity contribution is -0.134. The molecular formula is C20H20Cl2N4O3S. The Morgan fingerprint density at radius 3 is 2.80 bits per heavy atom. The molecule has 0 fully saturated rings. The van der Waals surface area contributed by atoms with Gasteiger partial charge in [-0.2, -0.15) is 16.3 Å². The van der Waals surface area contributed by atoms with Crippen LogP contribution in [0.25, 0.3) is 11.4 Å². The van der Waals surface area contributed by atoms with Crippen LogP contribution >= 0.6 is 34.5 Å². The van der Waals surface area contributed by atoms with E-state index in [2.05, 4.69) is 15.5 Å². The second kappa shape index (κ2) is 10.6. The van der Waals surface area contributed by atoms with E-state index in [-0.39, 0.29) is 24.8 Å². The van der Waals surface area contributed by atoms with Gasteiger partial charge in [-0.3, -0.25) is 9.59 Å². The SMILES string of the molecule is CCCN(CC(=O)Nc1ccc(Cl)cc1Cl)C(=O)CCc1nc(-c2ccsc2)no1. The smallest absolute Gasteiger partial charge is 0.244 e. The molecule has 3 aromatic rings. The number of benzene rings is 1. The molecule has 0 bridgehead atoms. The van der Waals surface area contributed by atoms with Gasteiger partial charge in [-0.1, -0.05) is 35.3 Å². The fourth-order valence-electron chi connectivity index (χ4n) is 2.75. The van der Waals surface area contributed by atoms with Gasteiger partial charge in [0.2, 0.25) is 23.5 Å². The standard InChI is InChI=1S/C20H20Cl2N4O3S/c1-2-8-26(11-17(27)23-16-4-3-14(21)10-15(16)22)19(28)6-5-18-24-20(25-29-18)13-7-9-30-12-13/h3-4,7,9-10,12H,2,5-6,8,11H2,1H3,(H,23,27). The largest absolute Gasteiger partial charge is 0.339 e. The molecule has 2 amide bonds. The van der Waals surface area contributed by atoms with Crippen molar-refractivity contribution in [2.24, 2.45) is 0 Å². The quantitative estimate of drug-likeness (QED) is 0.483. The Morgan fingerprint density at radius 2 is 2.10 bits per heavy atom. The maximum Gasteiger partial charge on any atom is 0.244 e. The Kier molecular flexibility index (Phi) is 7.84. The summed E-state index contributed by atoms with van der Waals surface area (Å²) >= 11 is 13.5. The Bertz CT molecular complexity index is 1010. The minimum atomic E-state index is -0.335. The zero-order chi connectivity index (χ0) is 21.5. The lowest BCUT2D eigenvalue weighted by atomic mass is 10.2. The van der Waals surface area contributed by atoms with E-state index < -0.39 is 0 Å². The Morgan fingerprint density at radius 1 is 1.27 bits per heavy atom.